The van der Waals surface area contributed by atoms with E-state index in [0.29, 0.717) is 12.6 Å². The Labute approximate surface area is 109 Å². The molecule has 1 aromatic carbocycles. The average Bonchev–Trinajstić information content (AvgIpc) is 2.83. The standard InChI is InChI=1S/C15H22N2O/c1-3-12-4-6-13(7-5-12)10-17-15(18)14-8-9-16-11(14)2/h4-7,11,14,16H,3,8-10H2,1-2H3,(H,17,18). The van der Waals surface area contributed by atoms with Gasteiger partial charge in [0.15, 0.2) is 0 Å². The summed E-state index contributed by atoms with van der Waals surface area (Å²) in [6.07, 6.45) is 2.00. The molecule has 0 spiro atoms. The monoisotopic (exact) mass is 246 g/mol. The number of hydrogen-bond acceptors (Lipinski definition) is 2. The maximum absolute atomic E-state index is 12.0. The van der Waals surface area contributed by atoms with E-state index in [1.165, 1.54) is 11.1 Å². The van der Waals surface area contributed by atoms with Crippen LogP contribution in [0.15, 0.2) is 24.3 Å². The molecule has 2 N–H and O–H groups in total. The highest BCUT2D eigenvalue weighted by atomic mass is 16.1. The van der Waals surface area contributed by atoms with Crippen LogP contribution in [0.25, 0.3) is 0 Å². The highest BCUT2D eigenvalue weighted by Crippen LogP contribution is 2.15. The van der Waals surface area contributed by atoms with Gasteiger partial charge in [-0.2, -0.15) is 0 Å². The van der Waals surface area contributed by atoms with E-state index in [1.807, 2.05) is 0 Å². The average molecular weight is 246 g/mol. The number of benzene rings is 1. The van der Waals surface area contributed by atoms with E-state index in [2.05, 4.69) is 48.7 Å². The molecule has 1 fully saturated rings. The van der Waals surface area contributed by atoms with Gasteiger partial charge in [-0.05, 0) is 37.4 Å². The van der Waals surface area contributed by atoms with Crippen molar-refractivity contribution in [3.63, 3.8) is 0 Å². The second kappa shape index (κ2) is 6.01. The largest absolute Gasteiger partial charge is 0.352 e. The van der Waals surface area contributed by atoms with Crippen LogP contribution in [0.5, 0.6) is 0 Å². The molecule has 2 unspecified atom stereocenters. The highest BCUT2D eigenvalue weighted by Gasteiger charge is 2.28. The number of aryl methyl sites for hydroxylation is 1. The van der Waals surface area contributed by atoms with Crippen molar-refractivity contribution in [1.29, 1.82) is 0 Å². The van der Waals surface area contributed by atoms with Gasteiger partial charge in [-0.15, -0.1) is 0 Å². The Morgan fingerprint density at radius 3 is 2.56 bits per heavy atom. The third kappa shape index (κ3) is 3.10. The van der Waals surface area contributed by atoms with Crippen molar-refractivity contribution in [2.45, 2.75) is 39.3 Å². The first-order valence-electron chi connectivity index (χ1n) is 6.79. The number of nitrogens with one attached hydrogen (secondary N) is 2. The van der Waals surface area contributed by atoms with Gasteiger partial charge in [0, 0.05) is 12.6 Å². The van der Waals surface area contributed by atoms with E-state index in [9.17, 15) is 4.79 Å². The van der Waals surface area contributed by atoms with Crippen LogP contribution in [-0.2, 0) is 17.8 Å². The topological polar surface area (TPSA) is 41.1 Å². The molecule has 2 atom stereocenters. The molecule has 0 aliphatic carbocycles. The molecule has 1 aliphatic heterocycles. The van der Waals surface area contributed by atoms with Crippen molar-refractivity contribution in [3.8, 4) is 0 Å². The van der Waals surface area contributed by atoms with Crippen LogP contribution in [0.3, 0.4) is 0 Å². The van der Waals surface area contributed by atoms with Gasteiger partial charge >= 0.3 is 0 Å². The van der Waals surface area contributed by atoms with E-state index in [4.69, 9.17) is 0 Å². The number of carbonyl (C=O) groups excluding carboxylic acids is 1. The first kappa shape index (κ1) is 13.1. The van der Waals surface area contributed by atoms with Gasteiger partial charge in [-0.1, -0.05) is 31.2 Å². The molecule has 2 rings (SSSR count). The molecule has 3 heteroatoms. The Morgan fingerprint density at radius 1 is 1.33 bits per heavy atom. The number of carbonyl (C=O) groups is 1. The summed E-state index contributed by atoms with van der Waals surface area (Å²) >= 11 is 0. The molecule has 1 saturated heterocycles. The van der Waals surface area contributed by atoms with E-state index < -0.39 is 0 Å². The lowest BCUT2D eigenvalue weighted by atomic mass is 10.0. The van der Waals surface area contributed by atoms with Crippen molar-refractivity contribution < 1.29 is 4.79 Å². The molecular weight excluding hydrogens is 224 g/mol. The Bertz CT molecular complexity index is 399. The summed E-state index contributed by atoms with van der Waals surface area (Å²) in [6, 6.07) is 8.74. The number of amides is 1. The van der Waals surface area contributed by atoms with Crippen LogP contribution in [0.1, 0.15) is 31.4 Å². The number of hydrogen-bond donors (Lipinski definition) is 2. The van der Waals surface area contributed by atoms with Gasteiger partial charge < -0.3 is 10.6 Å². The van der Waals surface area contributed by atoms with Gasteiger partial charge in [0.05, 0.1) is 5.92 Å². The van der Waals surface area contributed by atoms with Gasteiger partial charge in [-0.3, -0.25) is 4.79 Å². The second-order valence-corrected chi connectivity index (χ2v) is 5.03. The summed E-state index contributed by atoms with van der Waals surface area (Å²) in [6.45, 7) is 5.80. The smallest absolute Gasteiger partial charge is 0.224 e. The normalized spacial score (nSPS) is 23.0. The van der Waals surface area contributed by atoms with Crippen LogP contribution >= 0.6 is 0 Å². The molecule has 98 valence electrons. The molecule has 1 aromatic rings. The SMILES string of the molecule is CCc1ccc(CNC(=O)C2CCNC2C)cc1. The van der Waals surface area contributed by atoms with Crippen LogP contribution in [-0.4, -0.2) is 18.5 Å². The highest BCUT2D eigenvalue weighted by molar-refractivity contribution is 5.79. The van der Waals surface area contributed by atoms with Crippen molar-refractivity contribution in [3.05, 3.63) is 35.4 Å². The molecule has 3 nitrogen and oxygen atoms in total. The van der Waals surface area contributed by atoms with Crippen molar-refractivity contribution in [1.82, 2.24) is 10.6 Å². The summed E-state index contributed by atoms with van der Waals surface area (Å²) in [4.78, 5) is 12.0. The molecule has 0 bridgehead atoms. The minimum Gasteiger partial charge on any atom is -0.352 e. The molecule has 1 aliphatic rings. The molecule has 0 saturated carbocycles. The predicted molar refractivity (Wildman–Crippen MR) is 73.2 cm³/mol. The third-order valence-corrected chi connectivity index (χ3v) is 3.76. The molecular formula is C15H22N2O. The summed E-state index contributed by atoms with van der Waals surface area (Å²) < 4.78 is 0. The summed E-state index contributed by atoms with van der Waals surface area (Å²) in [5, 5.41) is 6.33. The fourth-order valence-corrected chi connectivity index (χ4v) is 2.43. The minimum absolute atomic E-state index is 0.125. The van der Waals surface area contributed by atoms with Crippen molar-refractivity contribution in [2.24, 2.45) is 5.92 Å². The Morgan fingerprint density at radius 2 is 2.00 bits per heavy atom. The van der Waals surface area contributed by atoms with Crippen LogP contribution in [0.2, 0.25) is 0 Å². The molecule has 0 radical (unpaired) electrons. The van der Waals surface area contributed by atoms with Gasteiger partial charge in [0.25, 0.3) is 0 Å². The zero-order valence-electron chi connectivity index (χ0n) is 11.2. The van der Waals surface area contributed by atoms with Gasteiger partial charge in [-0.25, -0.2) is 0 Å². The summed E-state index contributed by atoms with van der Waals surface area (Å²) in [5.41, 5.74) is 2.50. The Hall–Kier alpha value is -1.35. The predicted octanol–water partition coefficient (Wildman–Crippen LogP) is 1.86. The number of rotatable bonds is 4. The maximum atomic E-state index is 12.0. The van der Waals surface area contributed by atoms with Crippen molar-refractivity contribution in [2.75, 3.05) is 6.54 Å². The fourth-order valence-electron chi connectivity index (χ4n) is 2.43. The van der Waals surface area contributed by atoms with Crippen LogP contribution in [0, 0.1) is 5.92 Å². The lowest BCUT2D eigenvalue weighted by Crippen LogP contribution is -2.36. The van der Waals surface area contributed by atoms with Crippen molar-refractivity contribution >= 4 is 5.91 Å². The third-order valence-electron chi connectivity index (χ3n) is 3.76. The van der Waals surface area contributed by atoms with Crippen LogP contribution < -0.4 is 10.6 Å². The zero-order valence-corrected chi connectivity index (χ0v) is 11.2. The lowest BCUT2D eigenvalue weighted by Gasteiger charge is -2.15. The Balaban J connectivity index is 1.85. The van der Waals surface area contributed by atoms with E-state index in [1.54, 1.807) is 0 Å². The molecule has 18 heavy (non-hydrogen) atoms. The quantitative estimate of drug-likeness (QED) is 0.851. The zero-order chi connectivity index (χ0) is 13.0. The maximum Gasteiger partial charge on any atom is 0.224 e. The van der Waals surface area contributed by atoms with Crippen LogP contribution in [0.4, 0.5) is 0 Å². The molecule has 1 amide bonds. The van der Waals surface area contributed by atoms with E-state index in [-0.39, 0.29) is 11.8 Å². The molecule has 1 heterocycles. The fraction of sp³-hybridized carbons (Fsp3) is 0.533. The molecule has 0 aromatic heterocycles. The first-order chi connectivity index (χ1) is 8.70. The first-order valence-corrected chi connectivity index (χ1v) is 6.79. The van der Waals surface area contributed by atoms with E-state index >= 15 is 0 Å². The second-order valence-electron chi connectivity index (χ2n) is 5.03. The summed E-state index contributed by atoms with van der Waals surface area (Å²) in [5.74, 6) is 0.298. The lowest BCUT2D eigenvalue weighted by molar-refractivity contribution is -0.125. The van der Waals surface area contributed by atoms with Gasteiger partial charge in [0.1, 0.15) is 0 Å². The van der Waals surface area contributed by atoms with Gasteiger partial charge in [0.2, 0.25) is 5.91 Å². The summed E-state index contributed by atoms with van der Waals surface area (Å²) in [7, 11) is 0. The Kier molecular flexibility index (Phi) is 4.37. The minimum atomic E-state index is 0.125. The van der Waals surface area contributed by atoms with E-state index in [0.717, 1.165) is 19.4 Å².